The summed E-state index contributed by atoms with van der Waals surface area (Å²) in [5, 5.41) is 9.46. The quantitative estimate of drug-likeness (QED) is 0.657. The molecule has 0 aliphatic heterocycles. The highest BCUT2D eigenvalue weighted by molar-refractivity contribution is 5.90. The van der Waals surface area contributed by atoms with Gasteiger partial charge in [-0.15, -0.1) is 0 Å². The van der Waals surface area contributed by atoms with Gasteiger partial charge in [0.1, 0.15) is 5.82 Å². The number of nitrogens with zero attached hydrogens (tertiary/aromatic N) is 3. The number of halogens is 1. The standard InChI is InChI=1S/C20H16FN3/c1-14-9-17(15(2)24(14)20-7-4-8-23-13-20)10-18(12-22)16-5-3-6-19(21)11-16/h3-11,13H,1-2H3. The second kappa shape index (κ2) is 6.51. The molecule has 0 spiro atoms. The average molecular weight is 317 g/mol. The highest BCUT2D eigenvalue weighted by Crippen LogP contribution is 2.25. The molecule has 0 saturated heterocycles. The van der Waals surface area contributed by atoms with Gasteiger partial charge in [-0.25, -0.2) is 4.39 Å². The van der Waals surface area contributed by atoms with Crippen LogP contribution in [0.5, 0.6) is 0 Å². The van der Waals surface area contributed by atoms with Gasteiger partial charge in [0.05, 0.1) is 23.5 Å². The third-order valence-corrected chi connectivity index (χ3v) is 3.93. The van der Waals surface area contributed by atoms with Crippen LogP contribution in [-0.2, 0) is 0 Å². The van der Waals surface area contributed by atoms with E-state index >= 15 is 0 Å². The highest BCUT2D eigenvalue weighted by Gasteiger charge is 2.11. The summed E-state index contributed by atoms with van der Waals surface area (Å²) in [6.45, 7) is 4.00. The number of hydrogen-bond donors (Lipinski definition) is 0. The van der Waals surface area contributed by atoms with E-state index in [2.05, 4.69) is 15.6 Å². The van der Waals surface area contributed by atoms with Crippen LogP contribution in [0.3, 0.4) is 0 Å². The van der Waals surface area contributed by atoms with Crippen LogP contribution >= 0.6 is 0 Å². The van der Waals surface area contributed by atoms with Gasteiger partial charge in [0.25, 0.3) is 0 Å². The van der Waals surface area contributed by atoms with Gasteiger partial charge >= 0.3 is 0 Å². The first kappa shape index (κ1) is 15.7. The molecule has 2 aromatic heterocycles. The molecule has 0 aliphatic carbocycles. The molecule has 0 N–H and O–H groups in total. The van der Waals surface area contributed by atoms with Crippen molar-refractivity contribution in [2.24, 2.45) is 0 Å². The average Bonchev–Trinajstić information content (AvgIpc) is 2.87. The minimum atomic E-state index is -0.352. The van der Waals surface area contributed by atoms with Crippen LogP contribution in [0, 0.1) is 31.0 Å². The number of nitriles is 1. The molecule has 3 aromatic rings. The summed E-state index contributed by atoms with van der Waals surface area (Å²) >= 11 is 0. The highest BCUT2D eigenvalue weighted by atomic mass is 19.1. The molecule has 0 aliphatic rings. The zero-order chi connectivity index (χ0) is 17.1. The molecule has 0 bridgehead atoms. The van der Waals surface area contributed by atoms with Crippen LogP contribution in [-0.4, -0.2) is 9.55 Å². The molecule has 4 heteroatoms. The molecule has 0 unspecified atom stereocenters. The van der Waals surface area contributed by atoms with Crippen molar-refractivity contribution < 1.29 is 4.39 Å². The number of allylic oxidation sites excluding steroid dienone is 1. The predicted molar refractivity (Wildman–Crippen MR) is 92.9 cm³/mol. The Kier molecular flexibility index (Phi) is 4.26. The number of pyridine rings is 1. The van der Waals surface area contributed by atoms with Crippen molar-refractivity contribution in [1.82, 2.24) is 9.55 Å². The van der Waals surface area contributed by atoms with E-state index < -0.39 is 0 Å². The van der Waals surface area contributed by atoms with Crippen molar-refractivity contribution in [3.63, 3.8) is 0 Å². The summed E-state index contributed by atoms with van der Waals surface area (Å²) in [7, 11) is 0. The van der Waals surface area contributed by atoms with E-state index in [9.17, 15) is 9.65 Å². The zero-order valence-electron chi connectivity index (χ0n) is 13.5. The van der Waals surface area contributed by atoms with E-state index in [0.717, 1.165) is 22.6 Å². The van der Waals surface area contributed by atoms with Crippen molar-refractivity contribution in [3.8, 4) is 11.8 Å². The summed E-state index contributed by atoms with van der Waals surface area (Å²) in [5.41, 5.74) is 4.95. The predicted octanol–water partition coefficient (Wildman–Crippen LogP) is 4.69. The van der Waals surface area contributed by atoms with E-state index in [1.807, 2.05) is 32.0 Å². The lowest BCUT2D eigenvalue weighted by Gasteiger charge is -2.08. The minimum Gasteiger partial charge on any atom is -0.316 e. The van der Waals surface area contributed by atoms with Gasteiger partial charge in [-0.3, -0.25) is 4.98 Å². The van der Waals surface area contributed by atoms with Gasteiger partial charge in [0, 0.05) is 17.6 Å². The Balaban J connectivity index is 2.09. The molecule has 1 aromatic carbocycles. The SMILES string of the molecule is Cc1cc(C=C(C#N)c2cccc(F)c2)c(C)n1-c1cccnc1. The molecule has 118 valence electrons. The molecule has 0 amide bonds. The molecule has 2 heterocycles. The molecule has 0 saturated carbocycles. The summed E-state index contributed by atoms with van der Waals surface area (Å²) in [5.74, 6) is -0.352. The summed E-state index contributed by atoms with van der Waals surface area (Å²) < 4.78 is 15.5. The number of rotatable bonds is 3. The van der Waals surface area contributed by atoms with Gasteiger partial charge < -0.3 is 4.57 Å². The number of aromatic nitrogens is 2. The van der Waals surface area contributed by atoms with Crippen LogP contribution in [0.15, 0.2) is 54.9 Å². The largest absolute Gasteiger partial charge is 0.316 e. The van der Waals surface area contributed by atoms with Crippen LogP contribution < -0.4 is 0 Å². The normalized spacial score (nSPS) is 11.3. The van der Waals surface area contributed by atoms with Gasteiger partial charge in [-0.2, -0.15) is 5.26 Å². The number of aryl methyl sites for hydroxylation is 1. The molecule has 0 radical (unpaired) electrons. The maximum Gasteiger partial charge on any atom is 0.123 e. The van der Waals surface area contributed by atoms with Gasteiger partial charge in [0.15, 0.2) is 0 Å². The first-order valence-electron chi connectivity index (χ1n) is 7.57. The summed E-state index contributed by atoms with van der Waals surface area (Å²) in [6.07, 6.45) is 5.32. The molecule has 0 atom stereocenters. The molecule has 24 heavy (non-hydrogen) atoms. The van der Waals surface area contributed by atoms with Crippen molar-refractivity contribution in [1.29, 1.82) is 5.26 Å². The van der Waals surface area contributed by atoms with Gasteiger partial charge in [-0.1, -0.05) is 12.1 Å². The lowest BCUT2D eigenvalue weighted by atomic mass is 10.0. The smallest absolute Gasteiger partial charge is 0.123 e. The van der Waals surface area contributed by atoms with Crippen molar-refractivity contribution >= 4 is 11.6 Å². The lowest BCUT2D eigenvalue weighted by molar-refractivity contribution is 0.627. The Hall–Kier alpha value is -3.19. The monoisotopic (exact) mass is 317 g/mol. The fraction of sp³-hybridized carbons (Fsp3) is 0.100. The number of benzene rings is 1. The third-order valence-electron chi connectivity index (χ3n) is 3.93. The van der Waals surface area contributed by atoms with Crippen LogP contribution in [0.4, 0.5) is 4.39 Å². The van der Waals surface area contributed by atoms with Gasteiger partial charge in [-0.05, 0) is 61.4 Å². The Bertz CT molecular complexity index is 947. The molecular formula is C20H16FN3. The maximum absolute atomic E-state index is 13.4. The van der Waals surface area contributed by atoms with Crippen molar-refractivity contribution in [3.05, 3.63) is 83.2 Å². The third kappa shape index (κ3) is 2.97. The molecular weight excluding hydrogens is 301 g/mol. The van der Waals surface area contributed by atoms with E-state index in [0.29, 0.717) is 11.1 Å². The molecule has 3 rings (SSSR count). The fourth-order valence-corrected chi connectivity index (χ4v) is 2.81. The second-order valence-corrected chi connectivity index (χ2v) is 5.55. The van der Waals surface area contributed by atoms with Gasteiger partial charge in [0.2, 0.25) is 0 Å². The Labute approximate surface area is 140 Å². The Morgan fingerprint density at radius 2 is 2.04 bits per heavy atom. The zero-order valence-corrected chi connectivity index (χ0v) is 13.5. The van der Waals surface area contributed by atoms with E-state index in [-0.39, 0.29) is 5.82 Å². The minimum absolute atomic E-state index is 0.352. The Morgan fingerprint density at radius 1 is 1.21 bits per heavy atom. The van der Waals surface area contributed by atoms with E-state index in [1.54, 1.807) is 30.6 Å². The number of hydrogen-bond acceptors (Lipinski definition) is 2. The topological polar surface area (TPSA) is 41.6 Å². The van der Waals surface area contributed by atoms with E-state index in [1.165, 1.54) is 12.1 Å². The van der Waals surface area contributed by atoms with Crippen LogP contribution in [0.25, 0.3) is 17.3 Å². The summed E-state index contributed by atoms with van der Waals surface area (Å²) in [6, 6.07) is 14.1. The van der Waals surface area contributed by atoms with Crippen LogP contribution in [0.2, 0.25) is 0 Å². The summed E-state index contributed by atoms with van der Waals surface area (Å²) in [4.78, 5) is 4.16. The van der Waals surface area contributed by atoms with E-state index in [4.69, 9.17) is 0 Å². The first-order valence-corrected chi connectivity index (χ1v) is 7.57. The lowest BCUT2D eigenvalue weighted by Crippen LogP contribution is -1.99. The van der Waals surface area contributed by atoms with Crippen molar-refractivity contribution in [2.45, 2.75) is 13.8 Å². The first-order chi connectivity index (χ1) is 11.6. The van der Waals surface area contributed by atoms with Crippen LogP contribution in [0.1, 0.15) is 22.5 Å². The van der Waals surface area contributed by atoms with Crippen molar-refractivity contribution in [2.75, 3.05) is 0 Å². The molecule has 0 fully saturated rings. The fourth-order valence-electron chi connectivity index (χ4n) is 2.81. The maximum atomic E-state index is 13.4. The Morgan fingerprint density at radius 3 is 2.71 bits per heavy atom. The second-order valence-electron chi connectivity index (χ2n) is 5.55. The molecule has 3 nitrogen and oxygen atoms in total.